The molecule has 23 heavy (non-hydrogen) atoms. The number of hydrogen-bond donors (Lipinski definition) is 2. The monoisotopic (exact) mass is 341 g/mol. The second-order valence-electron chi connectivity index (χ2n) is 6.16. The Morgan fingerprint density at radius 2 is 2.09 bits per heavy atom. The molecule has 2 rings (SSSR count). The van der Waals surface area contributed by atoms with Crippen LogP contribution < -0.4 is 4.72 Å². The van der Waals surface area contributed by atoms with E-state index in [1.54, 1.807) is 19.2 Å². The molecule has 6 heteroatoms. The summed E-state index contributed by atoms with van der Waals surface area (Å²) in [5, 5.41) is 9.71. The Labute approximate surface area is 139 Å². The molecule has 0 radical (unpaired) electrons. The predicted molar refractivity (Wildman–Crippen MR) is 89.8 cm³/mol. The van der Waals surface area contributed by atoms with E-state index in [2.05, 4.69) is 4.72 Å². The van der Waals surface area contributed by atoms with Crippen molar-refractivity contribution in [1.29, 1.82) is 0 Å². The molecule has 0 saturated heterocycles. The highest BCUT2D eigenvalue weighted by molar-refractivity contribution is 7.89. The minimum Gasteiger partial charge on any atom is -0.395 e. The second-order valence-corrected chi connectivity index (χ2v) is 7.84. The fraction of sp³-hybridized carbons (Fsp3) is 0.647. The first-order valence-electron chi connectivity index (χ1n) is 8.25. The molecular weight excluding hydrogens is 314 g/mol. The van der Waals surface area contributed by atoms with E-state index >= 15 is 0 Å². The molecule has 5 nitrogen and oxygen atoms in total. The largest absolute Gasteiger partial charge is 0.395 e. The number of nitrogens with one attached hydrogen (secondary N) is 1. The lowest BCUT2D eigenvalue weighted by molar-refractivity contribution is 0.0380. The van der Waals surface area contributed by atoms with Crippen LogP contribution in [0.2, 0.25) is 0 Å². The molecule has 0 amide bonds. The molecule has 0 spiro atoms. The average molecular weight is 341 g/mol. The van der Waals surface area contributed by atoms with Gasteiger partial charge in [0.05, 0.1) is 17.6 Å². The number of aryl methyl sites for hydroxylation is 1. The zero-order valence-electron chi connectivity index (χ0n) is 13.9. The molecule has 2 N–H and O–H groups in total. The molecule has 0 aliphatic heterocycles. The maximum absolute atomic E-state index is 12.7. The van der Waals surface area contributed by atoms with Gasteiger partial charge in [-0.1, -0.05) is 31.5 Å². The van der Waals surface area contributed by atoms with Gasteiger partial charge in [0.15, 0.2) is 0 Å². The zero-order chi connectivity index (χ0) is 16.9. The Bertz CT molecular complexity index is 602. The molecule has 1 fully saturated rings. The summed E-state index contributed by atoms with van der Waals surface area (Å²) in [5.74, 6) is 0.0993. The van der Waals surface area contributed by atoms with E-state index in [-0.39, 0.29) is 18.6 Å². The molecule has 1 aliphatic rings. The Balaban J connectivity index is 2.17. The smallest absolute Gasteiger partial charge is 0.241 e. The highest BCUT2D eigenvalue weighted by atomic mass is 32.2. The van der Waals surface area contributed by atoms with Crippen molar-refractivity contribution in [3.8, 4) is 0 Å². The van der Waals surface area contributed by atoms with Crippen LogP contribution in [0.4, 0.5) is 0 Å². The van der Waals surface area contributed by atoms with E-state index in [9.17, 15) is 13.5 Å². The number of aliphatic hydroxyl groups is 1. The van der Waals surface area contributed by atoms with Gasteiger partial charge in [0, 0.05) is 13.2 Å². The van der Waals surface area contributed by atoms with E-state index in [4.69, 9.17) is 4.74 Å². The van der Waals surface area contributed by atoms with E-state index in [0.717, 1.165) is 31.2 Å². The molecule has 1 saturated carbocycles. The molecular formula is C17H27NO4S. The van der Waals surface area contributed by atoms with Gasteiger partial charge in [-0.05, 0) is 43.2 Å². The third-order valence-corrected chi connectivity index (χ3v) is 6.31. The van der Waals surface area contributed by atoms with Crippen molar-refractivity contribution >= 4 is 10.0 Å². The van der Waals surface area contributed by atoms with Crippen molar-refractivity contribution in [2.45, 2.75) is 56.1 Å². The first-order chi connectivity index (χ1) is 11.0. The lowest BCUT2D eigenvalue weighted by Crippen LogP contribution is -2.45. The number of sulfonamides is 1. The molecule has 0 aromatic heterocycles. The van der Waals surface area contributed by atoms with Gasteiger partial charge < -0.3 is 9.84 Å². The molecule has 3 atom stereocenters. The zero-order valence-corrected chi connectivity index (χ0v) is 14.7. The van der Waals surface area contributed by atoms with Gasteiger partial charge in [0.1, 0.15) is 0 Å². The van der Waals surface area contributed by atoms with E-state index in [0.29, 0.717) is 11.3 Å². The lowest BCUT2D eigenvalue weighted by atomic mass is 9.83. The molecule has 3 unspecified atom stereocenters. The summed E-state index contributed by atoms with van der Waals surface area (Å²) in [5.41, 5.74) is 0.787. The highest BCUT2D eigenvalue weighted by Gasteiger charge is 2.31. The second kappa shape index (κ2) is 8.24. The number of aliphatic hydroxyl groups excluding tert-OH is 1. The summed E-state index contributed by atoms with van der Waals surface area (Å²) in [7, 11) is -1.96. The number of ether oxygens (including phenoxy) is 1. The summed E-state index contributed by atoms with van der Waals surface area (Å²) in [6, 6.07) is 6.54. The van der Waals surface area contributed by atoms with Crippen LogP contribution in [0.15, 0.2) is 29.2 Å². The number of benzene rings is 1. The molecule has 1 aromatic rings. The normalized spacial score (nSPS) is 23.6. The van der Waals surface area contributed by atoms with Crippen molar-refractivity contribution in [2.75, 3.05) is 13.7 Å². The topological polar surface area (TPSA) is 75.6 Å². The number of hydrogen-bond acceptors (Lipinski definition) is 4. The minimum absolute atomic E-state index is 0.0993. The molecule has 1 aliphatic carbocycles. The van der Waals surface area contributed by atoms with Gasteiger partial charge in [0.2, 0.25) is 10.0 Å². The van der Waals surface area contributed by atoms with E-state index in [1.165, 1.54) is 0 Å². The first-order valence-corrected chi connectivity index (χ1v) is 9.74. The highest BCUT2D eigenvalue weighted by Crippen LogP contribution is 2.29. The Kier molecular flexibility index (Phi) is 6.59. The van der Waals surface area contributed by atoms with Crippen LogP contribution in [-0.4, -0.2) is 39.4 Å². The van der Waals surface area contributed by atoms with Crippen LogP contribution in [0, 0.1) is 5.92 Å². The Morgan fingerprint density at radius 1 is 1.35 bits per heavy atom. The first kappa shape index (κ1) is 18.4. The third-order valence-electron chi connectivity index (χ3n) is 4.72. The summed E-state index contributed by atoms with van der Waals surface area (Å²) in [6.07, 6.45) is 4.47. The van der Waals surface area contributed by atoms with Gasteiger partial charge >= 0.3 is 0 Å². The number of methoxy groups -OCH3 is 1. The van der Waals surface area contributed by atoms with Gasteiger partial charge in [-0.15, -0.1) is 0 Å². The maximum atomic E-state index is 12.7. The predicted octanol–water partition coefficient (Wildman–Crippen LogP) is 2.09. The van der Waals surface area contributed by atoms with Gasteiger partial charge in [0.25, 0.3) is 0 Å². The van der Waals surface area contributed by atoms with Crippen LogP contribution in [0.5, 0.6) is 0 Å². The molecule has 0 heterocycles. The standard InChI is InChI=1S/C17H27NO4S/c1-3-13-7-4-5-10-17(13)23(20,21)18-16(12-19)14-8-6-9-15(11-14)22-2/h4-5,7,10,14-16,18-19H,3,6,8-9,11-12H2,1-2H3. The quantitative estimate of drug-likeness (QED) is 0.796. The van der Waals surface area contributed by atoms with Crippen LogP contribution >= 0.6 is 0 Å². The van der Waals surface area contributed by atoms with Crippen LogP contribution in [0.3, 0.4) is 0 Å². The molecule has 0 bridgehead atoms. The summed E-state index contributed by atoms with van der Waals surface area (Å²) >= 11 is 0. The van der Waals surface area contributed by atoms with Crippen molar-refractivity contribution in [1.82, 2.24) is 4.72 Å². The summed E-state index contributed by atoms with van der Waals surface area (Å²) in [6.45, 7) is 1.73. The van der Waals surface area contributed by atoms with E-state index < -0.39 is 16.1 Å². The van der Waals surface area contributed by atoms with E-state index in [1.807, 2.05) is 19.1 Å². The van der Waals surface area contributed by atoms with Crippen molar-refractivity contribution in [2.24, 2.45) is 5.92 Å². The lowest BCUT2D eigenvalue weighted by Gasteiger charge is -2.33. The van der Waals surface area contributed by atoms with Crippen molar-refractivity contribution in [3.63, 3.8) is 0 Å². The minimum atomic E-state index is -3.64. The summed E-state index contributed by atoms with van der Waals surface area (Å²) < 4.78 is 33.6. The van der Waals surface area contributed by atoms with Crippen molar-refractivity contribution < 1.29 is 18.3 Å². The fourth-order valence-corrected chi connectivity index (χ4v) is 4.97. The summed E-state index contributed by atoms with van der Waals surface area (Å²) in [4.78, 5) is 0.306. The number of rotatable bonds is 7. The molecule has 130 valence electrons. The van der Waals surface area contributed by atoms with Gasteiger partial charge in [-0.3, -0.25) is 0 Å². The Hall–Kier alpha value is -0.950. The Morgan fingerprint density at radius 3 is 2.74 bits per heavy atom. The maximum Gasteiger partial charge on any atom is 0.241 e. The fourth-order valence-electron chi connectivity index (χ4n) is 3.36. The van der Waals surface area contributed by atoms with Gasteiger partial charge in [-0.2, -0.15) is 0 Å². The third kappa shape index (κ3) is 4.53. The molecule has 1 aromatic carbocycles. The van der Waals surface area contributed by atoms with Crippen LogP contribution in [0.1, 0.15) is 38.2 Å². The van der Waals surface area contributed by atoms with Crippen molar-refractivity contribution in [3.05, 3.63) is 29.8 Å². The van der Waals surface area contributed by atoms with Crippen LogP contribution in [-0.2, 0) is 21.2 Å². The van der Waals surface area contributed by atoms with Gasteiger partial charge in [-0.25, -0.2) is 13.1 Å². The SMILES string of the molecule is CCc1ccccc1S(=O)(=O)NC(CO)C1CCCC(OC)C1. The average Bonchev–Trinajstić information content (AvgIpc) is 2.59. The van der Waals surface area contributed by atoms with Crippen LogP contribution in [0.25, 0.3) is 0 Å².